The first kappa shape index (κ1) is 12.7. The van der Waals surface area contributed by atoms with E-state index in [1.807, 2.05) is 26.8 Å². The zero-order valence-corrected chi connectivity index (χ0v) is 11.5. The lowest BCUT2D eigenvalue weighted by molar-refractivity contribution is 0.339. The molecular formula is C13H15N3OS. The SMILES string of the molecule is CCOc1cncc(-c2[nH]c(C)nc(=S)c2C)c1. The predicted octanol–water partition coefficient (Wildman–Crippen LogP) is 3.22. The summed E-state index contributed by atoms with van der Waals surface area (Å²) >= 11 is 5.23. The molecule has 0 unspecified atom stereocenters. The predicted molar refractivity (Wildman–Crippen MR) is 73.3 cm³/mol. The molecule has 4 nitrogen and oxygen atoms in total. The van der Waals surface area contributed by atoms with Gasteiger partial charge in [0.05, 0.1) is 18.5 Å². The van der Waals surface area contributed by atoms with Gasteiger partial charge in [-0.2, -0.15) is 0 Å². The Balaban J connectivity index is 2.54. The fourth-order valence-electron chi connectivity index (χ4n) is 1.74. The van der Waals surface area contributed by atoms with Gasteiger partial charge in [0.2, 0.25) is 0 Å². The number of hydrogen-bond donors (Lipinski definition) is 1. The van der Waals surface area contributed by atoms with Crippen LogP contribution in [-0.2, 0) is 0 Å². The van der Waals surface area contributed by atoms with Gasteiger partial charge in [0.15, 0.2) is 0 Å². The molecule has 2 aromatic rings. The summed E-state index contributed by atoms with van der Waals surface area (Å²) in [7, 11) is 0. The Hall–Kier alpha value is -1.75. The zero-order chi connectivity index (χ0) is 13.1. The molecule has 0 saturated carbocycles. The van der Waals surface area contributed by atoms with E-state index in [4.69, 9.17) is 17.0 Å². The minimum absolute atomic E-state index is 0.614. The molecule has 0 aliphatic heterocycles. The molecule has 0 aliphatic rings. The molecule has 5 heteroatoms. The molecule has 0 fully saturated rings. The van der Waals surface area contributed by atoms with E-state index in [0.29, 0.717) is 11.2 Å². The van der Waals surface area contributed by atoms with Crippen molar-refractivity contribution in [1.82, 2.24) is 15.0 Å². The number of nitrogens with one attached hydrogen (secondary N) is 1. The highest BCUT2D eigenvalue weighted by molar-refractivity contribution is 7.71. The summed E-state index contributed by atoms with van der Waals surface area (Å²) < 4.78 is 6.06. The number of aryl methyl sites for hydroxylation is 1. The van der Waals surface area contributed by atoms with Gasteiger partial charge in [-0.3, -0.25) is 4.98 Å². The average Bonchev–Trinajstić information content (AvgIpc) is 2.34. The zero-order valence-electron chi connectivity index (χ0n) is 10.7. The molecule has 0 aliphatic carbocycles. The molecule has 2 rings (SSSR count). The van der Waals surface area contributed by atoms with Gasteiger partial charge in [-0.05, 0) is 26.8 Å². The van der Waals surface area contributed by atoms with Gasteiger partial charge >= 0.3 is 0 Å². The molecule has 0 bridgehead atoms. The third kappa shape index (κ3) is 2.56. The highest BCUT2D eigenvalue weighted by Gasteiger charge is 2.07. The number of pyridine rings is 1. The van der Waals surface area contributed by atoms with E-state index >= 15 is 0 Å². The normalized spacial score (nSPS) is 10.4. The van der Waals surface area contributed by atoms with Crippen LogP contribution in [0.4, 0.5) is 0 Å². The van der Waals surface area contributed by atoms with Gasteiger partial charge in [0.1, 0.15) is 16.2 Å². The first-order valence-corrected chi connectivity index (χ1v) is 6.18. The molecule has 1 N–H and O–H groups in total. The lowest BCUT2D eigenvalue weighted by Gasteiger charge is -2.09. The molecule has 2 heterocycles. The number of H-pyrrole nitrogens is 1. The second-order valence-corrected chi connectivity index (χ2v) is 4.36. The number of rotatable bonds is 3. The average molecular weight is 261 g/mol. The van der Waals surface area contributed by atoms with Crippen LogP contribution in [0.25, 0.3) is 11.3 Å². The Morgan fingerprint density at radius 2 is 2.11 bits per heavy atom. The third-order valence-electron chi connectivity index (χ3n) is 2.58. The maximum absolute atomic E-state index is 5.45. The number of nitrogens with zero attached hydrogens (tertiary/aromatic N) is 2. The summed E-state index contributed by atoms with van der Waals surface area (Å²) in [6.45, 7) is 6.41. The smallest absolute Gasteiger partial charge is 0.138 e. The van der Waals surface area contributed by atoms with Gasteiger partial charge < -0.3 is 9.72 Å². The Kier molecular flexibility index (Phi) is 3.72. The van der Waals surface area contributed by atoms with Crippen LogP contribution in [-0.4, -0.2) is 21.6 Å². The Bertz CT molecular complexity index is 622. The van der Waals surface area contributed by atoms with E-state index in [1.165, 1.54) is 0 Å². The van der Waals surface area contributed by atoms with Gasteiger partial charge in [-0.15, -0.1) is 0 Å². The number of aromatic nitrogens is 3. The first-order valence-electron chi connectivity index (χ1n) is 5.77. The molecule has 0 aromatic carbocycles. The molecule has 0 spiro atoms. The van der Waals surface area contributed by atoms with Crippen molar-refractivity contribution < 1.29 is 4.74 Å². The summed E-state index contributed by atoms with van der Waals surface area (Å²) in [5.74, 6) is 1.55. The monoisotopic (exact) mass is 261 g/mol. The summed E-state index contributed by atoms with van der Waals surface area (Å²) in [6.07, 6.45) is 3.49. The van der Waals surface area contributed by atoms with Crippen LogP contribution in [0.2, 0.25) is 0 Å². The summed E-state index contributed by atoms with van der Waals surface area (Å²) in [5, 5.41) is 0. The highest BCUT2D eigenvalue weighted by Crippen LogP contribution is 2.24. The molecule has 94 valence electrons. The van der Waals surface area contributed by atoms with E-state index in [9.17, 15) is 0 Å². The summed E-state index contributed by atoms with van der Waals surface area (Å²) in [5.41, 5.74) is 2.85. The third-order valence-corrected chi connectivity index (χ3v) is 2.98. The Morgan fingerprint density at radius 3 is 2.83 bits per heavy atom. The maximum Gasteiger partial charge on any atom is 0.138 e. The van der Waals surface area contributed by atoms with E-state index in [-0.39, 0.29) is 0 Å². The molecule has 0 radical (unpaired) electrons. The van der Waals surface area contributed by atoms with Crippen molar-refractivity contribution in [1.29, 1.82) is 0 Å². The van der Waals surface area contributed by atoms with E-state index in [1.54, 1.807) is 12.4 Å². The second-order valence-electron chi connectivity index (χ2n) is 3.97. The van der Waals surface area contributed by atoms with Gasteiger partial charge in [-0.25, -0.2) is 4.98 Å². The number of hydrogen-bond acceptors (Lipinski definition) is 4. The van der Waals surface area contributed by atoms with Crippen LogP contribution in [0.1, 0.15) is 18.3 Å². The lowest BCUT2D eigenvalue weighted by atomic mass is 10.1. The quantitative estimate of drug-likeness (QED) is 0.862. The van der Waals surface area contributed by atoms with Crippen molar-refractivity contribution >= 4 is 12.2 Å². The van der Waals surface area contributed by atoms with E-state index in [2.05, 4.69) is 15.0 Å². The van der Waals surface area contributed by atoms with Gasteiger partial charge in [0.25, 0.3) is 0 Å². The van der Waals surface area contributed by atoms with Crippen LogP contribution in [0, 0.1) is 18.5 Å². The van der Waals surface area contributed by atoms with Crippen LogP contribution in [0.5, 0.6) is 5.75 Å². The van der Waals surface area contributed by atoms with Crippen molar-refractivity contribution in [3.8, 4) is 17.0 Å². The minimum Gasteiger partial charge on any atom is -0.492 e. The van der Waals surface area contributed by atoms with Crippen LogP contribution in [0.15, 0.2) is 18.5 Å². The molecule has 0 amide bonds. The maximum atomic E-state index is 5.45. The van der Waals surface area contributed by atoms with Crippen molar-refractivity contribution in [2.45, 2.75) is 20.8 Å². The number of ether oxygens (including phenoxy) is 1. The van der Waals surface area contributed by atoms with Crippen LogP contribution in [0.3, 0.4) is 0 Å². The van der Waals surface area contributed by atoms with Crippen LogP contribution >= 0.6 is 12.2 Å². The van der Waals surface area contributed by atoms with E-state index < -0.39 is 0 Å². The van der Waals surface area contributed by atoms with Crippen molar-refractivity contribution in [3.05, 3.63) is 34.5 Å². The van der Waals surface area contributed by atoms with E-state index in [0.717, 1.165) is 28.4 Å². The van der Waals surface area contributed by atoms with Gasteiger partial charge in [-0.1, -0.05) is 12.2 Å². The fourth-order valence-corrected chi connectivity index (χ4v) is 1.97. The highest BCUT2D eigenvalue weighted by atomic mass is 32.1. The Labute approximate surface area is 111 Å². The topological polar surface area (TPSA) is 50.8 Å². The van der Waals surface area contributed by atoms with Crippen LogP contribution < -0.4 is 4.74 Å². The van der Waals surface area contributed by atoms with Crippen molar-refractivity contribution in [2.24, 2.45) is 0 Å². The van der Waals surface area contributed by atoms with Crippen molar-refractivity contribution in [3.63, 3.8) is 0 Å². The lowest BCUT2D eigenvalue weighted by Crippen LogP contribution is -1.98. The standard InChI is InChI=1S/C13H15N3OS/c1-4-17-11-5-10(6-14-7-11)12-8(2)13(18)16-9(3)15-12/h5-7H,4H2,1-3H3,(H,15,16,18). The Morgan fingerprint density at radius 1 is 1.33 bits per heavy atom. The minimum atomic E-state index is 0.614. The second kappa shape index (κ2) is 5.27. The molecular weight excluding hydrogens is 246 g/mol. The largest absolute Gasteiger partial charge is 0.492 e. The molecule has 0 atom stereocenters. The van der Waals surface area contributed by atoms with Gasteiger partial charge in [0, 0.05) is 17.3 Å². The molecule has 2 aromatic heterocycles. The fraction of sp³-hybridized carbons (Fsp3) is 0.308. The first-order chi connectivity index (χ1) is 8.61. The van der Waals surface area contributed by atoms with Crippen molar-refractivity contribution in [2.75, 3.05) is 6.61 Å². The summed E-state index contributed by atoms with van der Waals surface area (Å²) in [4.78, 5) is 11.6. The molecule has 18 heavy (non-hydrogen) atoms. The number of aromatic amines is 1. The molecule has 0 saturated heterocycles. The summed E-state index contributed by atoms with van der Waals surface area (Å²) in [6, 6.07) is 1.95.